The van der Waals surface area contributed by atoms with Crippen molar-refractivity contribution in [3.63, 3.8) is 0 Å². The van der Waals surface area contributed by atoms with Crippen molar-refractivity contribution in [1.29, 1.82) is 0 Å². The van der Waals surface area contributed by atoms with E-state index in [4.69, 9.17) is 0 Å². The molecule has 1 heterocycles. The van der Waals surface area contributed by atoms with Crippen molar-refractivity contribution in [3.05, 3.63) is 47.0 Å². The van der Waals surface area contributed by atoms with Crippen LogP contribution in [-0.2, 0) is 12.4 Å². The number of alkyl halides is 6. The lowest BCUT2D eigenvalue weighted by Gasteiger charge is -2.13. The van der Waals surface area contributed by atoms with Crippen molar-refractivity contribution in [2.75, 3.05) is 0 Å². The van der Waals surface area contributed by atoms with Crippen LogP contribution in [0.15, 0.2) is 24.5 Å². The molecule has 4 nitrogen and oxygen atoms in total. The molecule has 0 atom stereocenters. The number of carbonyl (C=O) groups excluding carboxylic acids is 1. The van der Waals surface area contributed by atoms with Crippen molar-refractivity contribution in [3.8, 4) is 0 Å². The molecule has 1 N–H and O–H groups in total. The first-order valence-electron chi connectivity index (χ1n) is 5.28. The average Bonchev–Trinajstić information content (AvgIpc) is 2.89. The number of carbonyl (C=O) groups is 1. The van der Waals surface area contributed by atoms with Gasteiger partial charge in [0.15, 0.2) is 5.82 Å². The third-order valence-corrected chi connectivity index (χ3v) is 2.48. The number of H-pyrrole nitrogens is 1. The summed E-state index contributed by atoms with van der Waals surface area (Å²) in [6.45, 7) is 0. The highest BCUT2D eigenvalue weighted by Crippen LogP contribution is 2.36. The van der Waals surface area contributed by atoms with Gasteiger partial charge in [0.2, 0.25) is 5.78 Å². The van der Waals surface area contributed by atoms with Gasteiger partial charge in [-0.3, -0.25) is 9.89 Å². The van der Waals surface area contributed by atoms with E-state index < -0.39 is 40.7 Å². The third kappa shape index (κ3) is 3.20. The third-order valence-electron chi connectivity index (χ3n) is 2.48. The van der Waals surface area contributed by atoms with E-state index in [2.05, 4.69) is 15.2 Å². The van der Waals surface area contributed by atoms with Crippen molar-refractivity contribution in [2.45, 2.75) is 12.4 Å². The Labute approximate surface area is 112 Å². The number of aromatic nitrogens is 3. The van der Waals surface area contributed by atoms with Gasteiger partial charge in [-0.1, -0.05) is 0 Å². The Morgan fingerprint density at radius 3 is 1.86 bits per heavy atom. The van der Waals surface area contributed by atoms with Crippen LogP contribution in [0.5, 0.6) is 0 Å². The second kappa shape index (κ2) is 4.86. The number of hydrogen-bond acceptors (Lipinski definition) is 3. The zero-order valence-electron chi connectivity index (χ0n) is 9.88. The molecule has 0 aliphatic carbocycles. The highest BCUT2D eigenvalue weighted by molar-refractivity contribution is 6.06. The van der Waals surface area contributed by atoms with Gasteiger partial charge in [-0.2, -0.15) is 31.4 Å². The number of aromatic amines is 1. The number of halogens is 6. The topological polar surface area (TPSA) is 58.6 Å². The molecule has 0 unspecified atom stereocenters. The Bertz CT molecular complexity index is 627. The molecule has 0 spiro atoms. The molecule has 2 aromatic rings. The van der Waals surface area contributed by atoms with E-state index in [-0.39, 0.29) is 6.07 Å². The Kier molecular flexibility index (Phi) is 3.47. The van der Waals surface area contributed by atoms with Crippen LogP contribution in [0.3, 0.4) is 0 Å². The first kappa shape index (κ1) is 15.0. The van der Waals surface area contributed by atoms with Crippen LogP contribution in [0.4, 0.5) is 26.3 Å². The number of benzene rings is 1. The fourth-order valence-electron chi connectivity index (χ4n) is 1.54. The molecular formula is C11H5F6N3O. The van der Waals surface area contributed by atoms with Gasteiger partial charge in [0.05, 0.1) is 11.1 Å². The summed E-state index contributed by atoms with van der Waals surface area (Å²) in [5.41, 5.74) is -3.92. The molecule has 0 aliphatic rings. The lowest BCUT2D eigenvalue weighted by molar-refractivity contribution is -0.143. The van der Waals surface area contributed by atoms with Gasteiger partial charge in [0, 0.05) is 5.56 Å². The summed E-state index contributed by atoms with van der Waals surface area (Å²) in [6, 6.07) is 0.608. The minimum absolute atomic E-state index is 0.0584. The highest BCUT2D eigenvalue weighted by Gasteiger charge is 2.37. The van der Waals surface area contributed by atoms with Gasteiger partial charge < -0.3 is 0 Å². The molecule has 0 saturated heterocycles. The van der Waals surface area contributed by atoms with Gasteiger partial charge in [0.25, 0.3) is 0 Å². The standard InChI is InChI=1S/C11H5F6N3O/c12-10(13,14)6-1-5(2-7(3-6)11(15,16)17)8(21)9-18-4-19-20-9/h1-4H,(H,18,19,20). The zero-order chi connectivity index (χ0) is 15.8. The second-order valence-corrected chi connectivity index (χ2v) is 3.96. The normalized spacial score (nSPS) is 12.5. The van der Waals surface area contributed by atoms with Gasteiger partial charge in [-0.25, -0.2) is 4.98 Å². The summed E-state index contributed by atoms with van der Waals surface area (Å²) < 4.78 is 75.8. The largest absolute Gasteiger partial charge is 0.416 e. The summed E-state index contributed by atoms with van der Waals surface area (Å²) in [5.74, 6) is -1.58. The fraction of sp³-hybridized carbons (Fsp3) is 0.182. The number of rotatable bonds is 2. The van der Waals surface area contributed by atoms with Gasteiger partial charge >= 0.3 is 12.4 Å². The molecule has 112 valence electrons. The number of hydrogen-bond donors (Lipinski definition) is 1. The Balaban J connectivity index is 2.58. The quantitative estimate of drug-likeness (QED) is 0.685. The Morgan fingerprint density at radius 2 is 1.48 bits per heavy atom. The van der Waals surface area contributed by atoms with Gasteiger partial charge in [-0.15, -0.1) is 0 Å². The van der Waals surface area contributed by atoms with E-state index in [9.17, 15) is 31.1 Å². The van der Waals surface area contributed by atoms with Crippen LogP contribution in [-0.4, -0.2) is 21.0 Å². The van der Waals surface area contributed by atoms with Crippen LogP contribution in [0.25, 0.3) is 0 Å². The maximum absolute atomic E-state index is 12.6. The average molecular weight is 309 g/mol. The fourth-order valence-corrected chi connectivity index (χ4v) is 1.54. The number of ketones is 1. The lowest BCUT2D eigenvalue weighted by Crippen LogP contribution is -2.14. The molecule has 0 aliphatic heterocycles. The highest BCUT2D eigenvalue weighted by atomic mass is 19.4. The van der Waals surface area contributed by atoms with Crippen LogP contribution >= 0.6 is 0 Å². The van der Waals surface area contributed by atoms with Crippen LogP contribution in [0.1, 0.15) is 27.3 Å². The van der Waals surface area contributed by atoms with Crippen LogP contribution < -0.4 is 0 Å². The summed E-state index contributed by atoms with van der Waals surface area (Å²) in [4.78, 5) is 15.2. The van der Waals surface area contributed by atoms with E-state index >= 15 is 0 Å². The smallest absolute Gasteiger partial charge is 0.285 e. The molecular weight excluding hydrogens is 304 g/mol. The van der Waals surface area contributed by atoms with Crippen molar-refractivity contribution >= 4 is 5.78 Å². The van der Waals surface area contributed by atoms with Crippen molar-refractivity contribution in [2.24, 2.45) is 0 Å². The molecule has 0 radical (unpaired) electrons. The summed E-state index contributed by atoms with van der Waals surface area (Å²) in [5, 5.41) is 5.39. The predicted molar refractivity (Wildman–Crippen MR) is 56.3 cm³/mol. The van der Waals surface area contributed by atoms with Crippen LogP contribution in [0, 0.1) is 0 Å². The first-order valence-corrected chi connectivity index (χ1v) is 5.28. The maximum Gasteiger partial charge on any atom is 0.416 e. The van der Waals surface area contributed by atoms with E-state index in [1.807, 2.05) is 0 Å². The van der Waals surface area contributed by atoms with E-state index in [0.29, 0.717) is 12.1 Å². The molecule has 21 heavy (non-hydrogen) atoms. The SMILES string of the molecule is O=C(c1cc(C(F)(F)F)cc(C(F)(F)F)c1)c1ncn[nH]1. The van der Waals surface area contributed by atoms with Gasteiger partial charge in [0.1, 0.15) is 6.33 Å². The molecule has 10 heteroatoms. The summed E-state index contributed by atoms with van der Waals surface area (Å²) in [7, 11) is 0. The summed E-state index contributed by atoms with van der Waals surface area (Å²) in [6.07, 6.45) is -9.12. The minimum Gasteiger partial charge on any atom is -0.285 e. The predicted octanol–water partition coefficient (Wildman–Crippen LogP) is 3.07. The lowest BCUT2D eigenvalue weighted by atomic mass is 10.0. The van der Waals surface area contributed by atoms with Gasteiger partial charge in [-0.05, 0) is 18.2 Å². The summed E-state index contributed by atoms with van der Waals surface area (Å²) >= 11 is 0. The molecule has 1 aromatic heterocycles. The molecule has 0 saturated carbocycles. The van der Waals surface area contributed by atoms with E-state index in [1.165, 1.54) is 0 Å². The monoisotopic (exact) mass is 309 g/mol. The Morgan fingerprint density at radius 1 is 0.952 bits per heavy atom. The molecule has 0 fully saturated rings. The first-order chi connectivity index (χ1) is 9.59. The Hall–Kier alpha value is -2.39. The van der Waals surface area contributed by atoms with E-state index in [1.54, 1.807) is 0 Å². The molecule has 1 aromatic carbocycles. The molecule has 2 rings (SSSR count). The van der Waals surface area contributed by atoms with E-state index in [0.717, 1.165) is 6.33 Å². The zero-order valence-corrected chi connectivity index (χ0v) is 9.88. The van der Waals surface area contributed by atoms with Crippen molar-refractivity contribution < 1.29 is 31.1 Å². The second-order valence-electron chi connectivity index (χ2n) is 3.96. The number of nitrogens with zero attached hydrogens (tertiary/aromatic N) is 2. The molecule has 0 amide bonds. The minimum atomic E-state index is -5.02. The van der Waals surface area contributed by atoms with Crippen molar-refractivity contribution in [1.82, 2.24) is 15.2 Å². The maximum atomic E-state index is 12.6. The molecule has 0 bridgehead atoms. The van der Waals surface area contributed by atoms with Crippen LogP contribution in [0.2, 0.25) is 0 Å². The number of nitrogens with one attached hydrogen (secondary N) is 1.